The molecular formula is C27H34N4O4. The summed E-state index contributed by atoms with van der Waals surface area (Å²) in [4.78, 5) is 43.4. The van der Waals surface area contributed by atoms with Gasteiger partial charge >= 0.3 is 6.03 Å². The molecule has 1 fully saturated rings. The minimum absolute atomic E-state index is 0.123. The van der Waals surface area contributed by atoms with Gasteiger partial charge in [0.05, 0.1) is 18.2 Å². The van der Waals surface area contributed by atoms with Gasteiger partial charge in [-0.3, -0.25) is 14.5 Å². The van der Waals surface area contributed by atoms with Crippen LogP contribution in [0.1, 0.15) is 62.4 Å². The first-order chi connectivity index (χ1) is 16.8. The number of aromatic nitrogens is 1. The number of carbonyl (C=O) groups is 3. The Hall–Kier alpha value is -3.52. The normalized spacial score (nSPS) is 17.8. The predicted molar refractivity (Wildman–Crippen MR) is 135 cm³/mol. The molecule has 3 N–H and O–H groups in total. The Balaban J connectivity index is 1.59. The number of Topliss-reactive ketones (excluding diaryl/α,β-unsaturated/α-hetero) is 1. The molecule has 2 heterocycles. The molecule has 3 atom stereocenters. The molecule has 0 radical (unpaired) electrons. The van der Waals surface area contributed by atoms with Gasteiger partial charge in [-0.1, -0.05) is 48.9 Å². The topological polar surface area (TPSA) is 115 Å². The number of urea groups is 1. The van der Waals surface area contributed by atoms with Gasteiger partial charge in [0.2, 0.25) is 5.88 Å². The maximum atomic E-state index is 13.1. The van der Waals surface area contributed by atoms with Gasteiger partial charge in [-0.15, -0.1) is 0 Å². The van der Waals surface area contributed by atoms with E-state index >= 15 is 0 Å². The molecular weight excluding hydrogens is 444 g/mol. The van der Waals surface area contributed by atoms with Crippen LogP contribution in [0.2, 0.25) is 0 Å². The highest BCUT2D eigenvalue weighted by atomic mass is 16.5. The molecule has 186 valence electrons. The summed E-state index contributed by atoms with van der Waals surface area (Å²) in [5.41, 5.74) is 7.91. The van der Waals surface area contributed by atoms with Gasteiger partial charge in [0.15, 0.2) is 5.78 Å². The quantitative estimate of drug-likeness (QED) is 0.352. The second-order valence-electron chi connectivity index (χ2n) is 8.87. The molecule has 2 aromatic rings. The molecule has 1 aromatic heterocycles. The molecule has 8 nitrogen and oxygen atoms in total. The third-order valence-corrected chi connectivity index (χ3v) is 6.10. The van der Waals surface area contributed by atoms with Crippen LogP contribution in [0.3, 0.4) is 0 Å². The number of ether oxygens (including phenoxy) is 1. The fourth-order valence-corrected chi connectivity index (χ4v) is 4.25. The van der Waals surface area contributed by atoms with Crippen LogP contribution < -0.4 is 15.8 Å². The Morgan fingerprint density at radius 3 is 2.63 bits per heavy atom. The number of amides is 3. The standard InChI is InChI=1S/C27H34N4O4/c1-4-21(13-12-19(3)35-25-22(24(32)17-28)11-8-14-29-25)31-26(33)23(30-27(31)34)16-18(2)15-20-9-6-5-7-10-20/h5-11,14-15,19,21,23H,4,12-13,16-17,28H2,1-3H3,(H,30,34)/b18-15+/t19-,21-,23?/m0/s1. The average Bonchev–Trinajstić information content (AvgIpc) is 3.12. The Morgan fingerprint density at radius 2 is 1.94 bits per heavy atom. The highest BCUT2D eigenvalue weighted by Crippen LogP contribution is 2.24. The second-order valence-corrected chi connectivity index (χ2v) is 8.87. The Morgan fingerprint density at radius 1 is 1.20 bits per heavy atom. The van der Waals surface area contributed by atoms with Crippen molar-refractivity contribution in [3.63, 3.8) is 0 Å². The fraction of sp³-hybridized carbons (Fsp3) is 0.407. The molecule has 0 bridgehead atoms. The lowest BCUT2D eigenvalue weighted by molar-refractivity contribution is -0.129. The minimum atomic E-state index is -0.566. The van der Waals surface area contributed by atoms with Crippen LogP contribution in [0.4, 0.5) is 4.79 Å². The van der Waals surface area contributed by atoms with Crippen LogP contribution in [-0.4, -0.2) is 52.3 Å². The van der Waals surface area contributed by atoms with Crippen LogP contribution >= 0.6 is 0 Å². The highest BCUT2D eigenvalue weighted by molar-refractivity contribution is 6.04. The number of hydrogen-bond donors (Lipinski definition) is 2. The largest absolute Gasteiger partial charge is 0.474 e. The first kappa shape index (κ1) is 26.1. The van der Waals surface area contributed by atoms with E-state index in [1.807, 2.05) is 57.2 Å². The van der Waals surface area contributed by atoms with Crippen LogP contribution in [0.15, 0.2) is 54.2 Å². The summed E-state index contributed by atoms with van der Waals surface area (Å²) in [6.45, 7) is 5.68. The zero-order chi connectivity index (χ0) is 25.4. The van der Waals surface area contributed by atoms with E-state index < -0.39 is 6.04 Å². The van der Waals surface area contributed by atoms with E-state index in [1.54, 1.807) is 18.3 Å². The van der Waals surface area contributed by atoms with Crippen molar-refractivity contribution in [2.24, 2.45) is 5.73 Å². The summed E-state index contributed by atoms with van der Waals surface area (Å²) in [6, 6.07) is 12.0. The van der Waals surface area contributed by atoms with Gasteiger partial charge in [0.1, 0.15) is 6.04 Å². The predicted octanol–water partition coefficient (Wildman–Crippen LogP) is 3.96. The van der Waals surface area contributed by atoms with Crippen molar-refractivity contribution in [1.29, 1.82) is 0 Å². The van der Waals surface area contributed by atoms with Crippen LogP contribution in [0, 0.1) is 0 Å². The summed E-state index contributed by atoms with van der Waals surface area (Å²) in [7, 11) is 0. The third-order valence-electron chi connectivity index (χ3n) is 6.10. The molecule has 1 saturated heterocycles. The van der Waals surface area contributed by atoms with Gasteiger partial charge in [-0.2, -0.15) is 0 Å². The van der Waals surface area contributed by atoms with E-state index in [1.165, 1.54) is 4.90 Å². The summed E-state index contributed by atoms with van der Waals surface area (Å²) in [5, 5.41) is 2.85. The number of nitrogens with one attached hydrogen (secondary N) is 1. The molecule has 1 aliphatic rings. The van der Waals surface area contributed by atoms with Crippen molar-refractivity contribution in [3.8, 4) is 5.88 Å². The number of nitrogens with two attached hydrogens (primary N) is 1. The number of nitrogens with zero attached hydrogens (tertiary/aromatic N) is 2. The Kier molecular flexibility index (Phi) is 9.14. The number of pyridine rings is 1. The maximum absolute atomic E-state index is 13.1. The number of benzene rings is 1. The summed E-state index contributed by atoms with van der Waals surface area (Å²) >= 11 is 0. The Labute approximate surface area is 206 Å². The summed E-state index contributed by atoms with van der Waals surface area (Å²) in [5.74, 6) is -0.190. The number of carbonyl (C=O) groups excluding carboxylic acids is 3. The lowest BCUT2D eigenvalue weighted by Crippen LogP contribution is -2.41. The van der Waals surface area contributed by atoms with E-state index in [9.17, 15) is 14.4 Å². The molecule has 1 aromatic carbocycles. The smallest absolute Gasteiger partial charge is 0.325 e. The van der Waals surface area contributed by atoms with Crippen molar-refractivity contribution in [2.45, 2.75) is 64.6 Å². The zero-order valence-corrected chi connectivity index (χ0v) is 20.6. The third kappa shape index (κ3) is 6.76. The van der Waals surface area contributed by atoms with E-state index in [0.29, 0.717) is 31.2 Å². The molecule has 35 heavy (non-hydrogen) atoms. The van der Waals surface area contributed by atoms with E-state index in [0.717, 1.165) is 11.1 Å². The van der Waals surface area contributed by atoms with Gasteiger partial charge in [0, 0.05) is 12.2 Å². The molecule has 1 aliphatic heterocycles. The summed E-state index contributed by atoms with van der Waals surface area (Å²) in [6.07, 6.45) is 5.58. The van der Waals surface area contributed by atoms with Crippen molar-refractivity contribution < 1.29 is 19.1 Å². The molecule has 8 heteroatoms. The van der Waals surface area contributed by atoms with E-state index in [-0.39, 0.29) is 42.3 Å². The van der Waals surface area contributed by atoms with Crippen LogP contribution in [-0.2, 0) is 4.79 Å². The second kappa shape index (κ2) is 12.3. The number of hydrogen-bond acceptors (Lipinski definition) is 6. The molecule has 3 amide bonds. The molecule has 3 rings (SSSR count). The van der Waals surface area contributed by atoms with Crippen molar-refractivity contribution in [2.75, 3.05) is 6.54 Å². The number of rotatable bonds is 12. The van der Waals surface area contributed by atoms with Gasteiger partial charge in [0.25, 0.3) is 5.91 Å². The SMILES string of the molecule is CC[C@@H](CC[C@H](C)Oc1ncccc1C(=O)CN)N1C(=O)NC(C/C(C)=C/c2ccccc2)C1=O. The van der Waals surface area contributed by atoms with Crippen LogP contribution in [0.25, 0.3) is 6.08 Å². The van der Waals surface area contributed by atoms with Gasteiger partial charge in [-0.25, -0.2) is 9.78 Å². The fourth-order valence-electron chi connectivity index (χ4n) is 4.25. The molecule has 0 spiro atoms. The number of imide groups is 1. The first-order valence-corrected chi connectivity index (χ1v) is 12.0. The van der Waals surface area contributed by atoms with Crippen LogP contribution in [0.5, 0.6) is 5.88 Å². The lowest BCUT2D eigenvalue weighted by Gasteiger charge is -2.26. The average molecular weight is 479 g/mol. The number of ketones is 1. The maximum Gasteiger partial charge on any atom is 0.325 e. The van der Waals surface area contributed by atoms with E-state index in [2.05, 4.69) is 10.3 Å². The highest BCUT2D eigenvalue weighted by Gasteiger charge is 2.41. The van der Waals surface area contributed by atoms with Gasteiger partial charge < -0.3 is 15.8 Å². The summed E-state index contributed by atoms with van der Waals surface area (Å²) < 4.78 is 5.91. The van der Waals surface area contributed by atoms with Crippen molar-refractivity contribution in [3.05, 3.63) is 65.4 Å². The lowest BCUT2D eigenvalue weighted by atomic mass is 10.0. The zero-order valence-electron chi connectivity index (χ0n) is 20.6. The monoisotopic (exact) mass is 478 g/mol. The first-order valence-electron chi connectivity index (χ1n) is 12.0. The van der Waals surface area contributed by atoms with Crippen molar-refractivity contribution >= 4 is 23.8 Å². The molecule has 0 saturated carbocycles. The molecule has 0 aliphatic carbocycles. The minimum Gasteiger partial charge on any atom is -0.474 e. The Bertz CT molecular complexity index is 1070. The van der Waals surface area contributed by atoms with Gasteiger partial charge in [-0.05, 0) is 57.2 Å². The van der Waals surface area contributed by atoms with Crippen molar-refractivity contribution in [1.82, 2.24) is 15.2 Å². The van der Waals surface area contributed by atoms with E-state index in [4.69, 9.17) is 10.5 Å². The molecule has 1 unspecified atom stereocenters.